The van der Waals surface area contributed by atoms with E-state index in [1.54, 1.807) is 6.92 Å². The van der Waals surface area contributed by atoms with Crippen LogP contribution in [0.25, 0.3) is 0 Å². The molecule has 0 bridgehead atoms. The third kappa shape index (κ3) is 18.8. The molecule has 0 aromatic carbocycles. The van der Waals surface area contributed by atoms with Crippen molar-refractivity contribution < 1.29 is 4.79 Å². The van der Waals surface area contributed by atoms with Gasteiger partial charge in [-0.2, -0.15) is 0 Å². The summed E-state index contributed by atoms with van der Waals surface area (Å²) in [6.45, 7) is 6.60. The van der Waals surface area contributed by atoms with E-state index in [4.69, 9.17) is 5.41 Å². The average Bonchev–Trinajstić information content (AvgIpc) is 2.28. The highest BCUT2D eigenvalue weighted by Gasteiger charge is 2.09. The Kier molecular flexibility index (Phi) is 25.1. The molecular formula is C11H28N4O. The molecule has 5 nitrogen and oxygen atoms in total. The number of hydrogen-bond donors (Lipinski definition) is 4. The standard InChI is InChI=1S/C8H18N2O.C2H6.CH4N2/c1-7(11)8(10-3)5-4-6-9-2;1-2;2-1-3/h8-10H,4-6H2,1-3H3;1-2H3;1H,(H3,2,3). The predicted molar refractivity (Wildman–Crippen MR) is 71.0 cm³/mol. The Labute approximate surface area is 99.7 Å². The van der Waals surface area contributed by atoms with Gasteiger partial charge in [-0.15, -0.1) is 0 Å². The van der Waals surface area contributed by atoms with E-state index in [-0.39, 0.29) is 11.8 Å². The van der Waals surface area contributed by atoms with Crippen molar-refractivity contribution in [3.8, 4) is 0 Å². The van der Waals surface area contributed by atoms with Crippen LogP contribution in [0.15, 0.2) is 0 Å². The molecule has 0 heterocycles. The molecule has 16 heavy (non-hydrogen) atoms. The topological polar surface area (TPSA) is 91.0 Å². The van der Waals surface area contributed by atoms with Crippen LogP contribution in [0.2, 0.25) is 0 Å². The summed E-state index contributed by atoms with van der Waals surface area (Å²) in [6, 6.07) is 0.0448. The second kappa shape index (κ2) is 19.6. The number of rotatable bonds is 6. The number of Topliss-reactive ketones (excluding diaryl/α,β-unsaturated/α-hetero) is 1. The molecule has 5 N–H and O–H groups in total. The lowest BCUT2D eigenvalue weighted by Gasteiger charge is -2.11. The molecule has 0 spiro atoms. The van der Waals surface area contributed by atoms with Crippen molar-refractivity contribution >= 4 is 12.1 Å². The molecule has 0 aliphatic carbocycles. The highest BCUT2D eigenvalue weighted by molar-refractivity contribution is 5.81. The van der Waals surface area contributed by atoms with Crippen LogP contribution in [0.1, 0.15) is 33.6 Å². The van der Waals surface area contributed by atoms with Gasteiger partial charge in [0.1, 0.15) is 5.78 Å². The maximum atomic E-state index is 10.9. The number of hydrogen-bond acceptors (Lipinski definition) is 4. The van der Waals surface area contributed by atoms with Crippen LogP contribution in [0.3, 0.4) is 0 Å². The Morgan fingerprint density at radius 3 is 2.12 bits per heavy atom. The molecule has 0 aromatic heterocycles. The lowest BCUT2D eigenvalue weighted by Crippen LogP contribution is -2.32. The maximum absolute atomic E-state index is 10.9. The summed E-state index contributed by atoms with van der Waals surface area (Å²) in [5.74, 6) is 0.226. The Balaban J connectivity index is -0.000000289. The molecule has 0 aliphatic rings. The van der Waals surface area contributed by atoms with Crippen molar-refractivity contribution in [3.63, 3.8) is 0 Å². The van der Waals surface area contributed by atoms with Crippen LogP contribution in [-0.2, 0) is 4.79 Å². The first-order chi connectivity index (χ1) is 7.63. The minimum atomic E-state index is 0.0448. The smallest absolute Gasteiger partial charge is 0.146 e. The van der Waals surface area contributed by atoms with Crippen LogP contribution in [-0.4, -0.2) is 38.8 Å². The van der Waals surface area contributed by atoms with E-state index in [0.29, 0.717) is 0 Å². The second-order valence-corrected chi connectivity index (χ2v) is 2.86. The first kappa shape index (κ1) is 20.5. The molecule has 0 aromatic rings. The van der Waals surface area contributed by atoms with Crippen LogP contribution in [0.4, 0.5) is 0 Å². The van der Waals surface area contributed by atoms with Crippen molar-refractivity contribution in [2.45, 2.75) is 39.7 Å². The maximum Gasteiger partial charge on any atom is 0.146 e. The number of ketones is 1. The molecule has 98 valence electrons. The van der Waals surface area contributed by atoms with Crippen LogP contribution < -0.4 is 16.4 Å². The number of carbonyl (C=O) groups excluding carboxylic acids is 1. The Hall–Kier alpha value is -0.940. The van der Waals surface area contributed by atoms with Crippen molar-refractivity contribution in [3.05, 3.63) is 0 Å². The fourth-order valence-electron chi connectivity index (χ4n) is 1.03. The van der Waals surface area contributed by atoms with E-state index < -0.39 is 0 Å². The lowest BCUT2D eigenvalue weighted by atomic mass is 10.1. The number of nitrogens with two attached hydrogens (primary N) is 1. The number of carbonyl (C=O) groups is 1. The molecule has 0 aliphatic heterocycles. The van der Waals surface area contributed by atoms with Gasteiger partial charge in [-0.3, -0.25) is 10.2 Å². The fraction of sp³-hybridized carbons (Fsp3) is 0.818. The third-order valence-corrected chi connectivity index (χ3v) is 1.76. The largest absolute Gasteiger partial charge is 0.390 e. The number of likely N-dealkylation sites (N-methyl/N-ethyl adjacent to an activating group) is 1. The van der Waals surface area contributed by atoms with Crippen molar-refractivity contribution in [2.24, 2.45) is 5.73 Å². The highest BCUT2D eigenvalue weighted by atomic mass is 16.1. The molecule has 0 fully saturated rings. The summed E-state index contributed by atoms with van der Waals surface area (Å²) in [4.78, 5) is 10.9. The van der Waals surface area contributed by atoms with Crippen LogP contribution >= 0.6 is 0 Å². The zero-order valence-corrected chi connectivity index (χ0v) is 11.3. The molecule has 0 saturated heterocycles. The van der Waals surface area contributed by atoms with Gasteiger partial charge in [0.2, 0.25) is 0 Å². The Bertz CT molecular complexity index is 151. The minimum Gasteiger partial charge on any atom is -0.390 e. The van der Waals surface area contributed by atoms with E-state index in [2.05, 4.69) is 16.4 Å². The number of nitrogens with one attached hydrogen (secondary N) is 3. The molecular weight excluding hydrogens is 204 g/mol. The van der Waals surface area contributed by atoms with E-state index >= 15 is 0 Å². The lowest BCUT2D eigenvalue weighted by molar-refractivity contribution is -0.119. The summed E-state index contributed by atoms with van der Waals surface area (Å²) in [5.41, 5.74) is 4.39. The van der Waals surface area contributed by atoms with Crippen LogP contribution in [0.5, 0.6) is 0 Å². The molecule has 0 saturated carbocycles. The van der Waals surface area contributed by atoms with Gasteiger partial charge in [0.25, 0.3) is 0 Å². The molecule has 0 amide bonds. The van der Waals surface area contributed by atoms with E-state index in [1.807, 2.05) is 27.9 Å². The van der Waals surface area contributed by atoms with Crippen LogP contribution in [0, 0.1) is 5.41 Å². The summed E-state index contributed by atoms with van der Waals surface area (Å²) in [6.07, 6.45) is 2.72. The molecule has 1 atom stereocenters. The van der Waals surface area contributed by atoms with Crippen molar-refractivity contribution in [1.82, 2.24) is 10.6 Å². The first-order valence-electron chi connectivity index (χ1n) is 5.67. The summed E-state index contributed by atoms with van der Waals surface area (Å²) < 4.78 is 0. The monoisotopic (exact) mass is 232 g/mol. The fourth-order valence-corrected chi connectivity index (χ4v) is 1.03. The molecule has 0 rings (SSSR count). The van der Waals surface area contributed by atoms with Gasteiger partial charge in [0, 0.05) is 0 Å². The van der Waals surface area contributed by atoms with Crippen molar-refractivity contribution in [2.75, 3.05) is 20.6 Å². The van der Waals surface area contributed by atoms with Gasteiger partial charge < -0.3 is 16.4 Å². The predicted octanol–water partition coefficient (Wildman–Crippen LogP) is 0.741. The summed E-state index contributed by atoms with van der Waals surface area (Å²) in [5, 5.41) is 11.9. The van der Waals surface area contributed by atoms with Gasteiger partial charge >= 0.3 is 0 Å². The minimum absolute atomic E-state index is 0.0448. The van der Waals surface area contributed by atoms with Crippen molar-refractivity contribution in [1.29, 1.82) is 5.41 Å². The summed E-state index contributed by atoms with van der Waals surface area (Å²) in [7, 11) is 3.74. The Morgan fingerprint density at radius 1 is 1.44 bits per heavy atom. The average molecular weight is 232 g/mol. The SMILES string of the molecule is CC.CNCCCC(NC)C(C)=O.N=CN. The molecule has 0 radical (unpaired) electrons. The van der Waals surface area contributed by atoms with Gasteiger partial charge in [-0.05, 0) is 40.4 Å². The summed E-state index contributed by atoms with van der Waals surface area (Å²) >= 11 is 0. The third-order valence-electron chi connectivity index (χ3n) is 1.76. The molecule has 5 heteroatoms. The Morgan fingerprint density at radius 2 is 1.88 bits per heavy atom. The van der Waals surface area contributed by atoms with Gasteiger partial charge in [0.15, 0.2) is 0 Å². The van der Waals surface area contributed by atoms with Gasteiger partial charge in [0.05, 0.1) is 12.4 Å². The van der Waals surface area contributed by atoms with Gasteiger partial charge in [-0.1, -0.05) is 13.8 Å². The van der Waals surface area contributed by atoms with Gasteiger partial charge in [-0.25, -0.2) is 0 Å². The zero-order chi connectivity index (χ0) is 13.4. The second-order valence-electron chi connectivity index (χ2n) is 2.86. The normalized spacial score (nSPS) is 10.1. The highest BCUT2D eigenvalue weighted by Crippen LogP contribution is 1.96. The molecule has 1 unspecified atom stereocenters. The first-order valence-corrected chi connectivity index (χ1v) is 5.67. The quantitative estimate of drug-likeness (QED) is 0.309. The van der Waals surface area contributed by atoms with E-state index in [1.165, 1.54) is 0 Å². The van der Waals surface area contributed by atoms with E-state index in [9.17, 15) is 4.79 Å². The zero-order valence-electron chi connectivity index (χ0n) is 11.3. The van der Waals surface area contributed by atoms with E-state index in [0.717, 1.165) is 25.7 Å².